The number of hydrogen-bond donors (Lipinski definition) is 5. The summed E-state index contributed by atoms with van der Waals surface area (Å²) in [6.45, 7) is 5.16. The number of rotatable bonds is 9. The molecule has 1 aromatic rings. The normalized spacial score (nSPS) is 24.9. The van der Waals surface area contributed by atoms with Crippen molar-refractivity contribution in [3.05, 3.63) is 24.3 Å². The van der Waals surface area contributed by atoms with Crippen molar-refractivity contribution in [2.45, 2.75) is 44.0 Å². The minimum Gasteiger partial charge on any atom is -0.495 e. The Bertz CT molecular complexity index is 1010. The Labute approximate surface area is 226 Å². The molecule has 13 nitrogen and oxygen atoms in total. The van der Waals surface area contributed by atoms with Crippen molar-refractivity contribution in [1.29, 1.82) is 0 Å². The van der Waals surface area contributed by atoms with Crippen LogP contribution >= 0.6 is 0 Å². The molecule has 0 spiro atoms. The number of methoxy groups -OCH3 is 1. The number of nitrogens with zero attached hydrogens (tertiary/aromatic N) is 3. The van der Waals surface area contributed by atoms with Crippen LogP contribution in [-0.4, -0.2) is 124 Å². The van der Waals surface area contributed by atoms with Gasteiger partial charge in [0.05, 0.1) is 30.7 Å². The number of likely N-dealkylation sites (tertiary alicyclic amines) is 1. The lowest BCUT2D eigenvalue weighted by Gasteiger charge is -2.36. The Kier molecular flexibility index (Phi) is 10.6. The van der Waals surface area contributed by atoms with Crippen LogP contribution in [0.15, 0.2) is 24.3 Å². The molecule has 13 heteroatoms. The standard InChI is InChI=1S/C22H31N3O4.C4H6O6/c1-29-20-6-3-2-5-19(20)24-13-11-23(12-14-24)9-4-10-25-21(27)17-8-7-16(26)15-18(17)22(25)28;5-1(3(7)8)2(6)4(9)10/h2-3,5-6,16-18,26H,4,7-15H2,1H3;1-2,5-6H,(H,7,8)(H,9,10). The first-order valence-electron chi connectivity index (χ1n) is 13.0. The number of aliphatic hydroxyl groups excluding tert-OH is 3. The van der Waals surface area contributed by atoms with Gasteiger partial charge in [-0.3, -0.25) is 19.4 Å². The van der Waals surface area contributed by atoms with Gasteiger partial charge in [-0.15, -0.1) is 0 Å². The Balaban J connectivity index is 0.000000360. The highest BCUT2D eigenvalue weighted by Gasteiger charge is 2.49. The van der Waals surface area contributed by atoms with Crippen LogP contribution in [0.4, 0.5) is 5.69 Å². The lowest BCUT2D eigenvalue weighted by molar-refractivity contribution is -0.165. The quantitative estimate of drug-likeness (QED) is 0.242. The molecule has 1 aliphatic carbocycles. The van der Waals surface area contributed by atoms with Crippen LogP contribution in [0.5, 0.6) is 5.75 Å². The van der Waals surface area contributed by atoms with Crippen molar-refractivity contribution in [1.82, 2.24) is 9.80 Å². The number of aliphatic carboxylic acids is 2. The van der Waals surface area contributed by atoms with Crippen LogP contribution < -0.4 is 9.64 Å². The zero-order chi connectivity index (χ0) is 28.7. The van der Waals surface area contributed by atoms with Gasteiger partial charge in [-0.2, -0.15) is 0 Å². The zero-order valence-electron chi connectivity index (χ0n) is 21.9. The van der Waals surface area contributed by atoms with Crippen LogP contribution in [0, 0.1) is 11.8 Å². The number of benzene rings is 1. The number of carbonyl (C=O) groups is 4. The number of hydrogen-bond acceptors (Lipinski definition) is 10. The molecule has 0 radical (unpaired) electrons. The summed E-state index contributed by atoms with van der Waals surface area (Å²) in [5, 5.41) is 42.4. The maximum Gasteiger partial charge on any atom is 0.335 e. The number of ether oxygens (including phenoxy) is 1. The molecule has 0 bridgehead atoms. The van der Waals surface area contributed by atoms with E-state index in [0.29, 0.717) is 25.8 Å². The second-order valence-corrected chi connectivity index (χ2v) is 9.93. The second-order valence-electron chi connectivity index (χ2n) is 9.93. The molecule has 4 rings (SSSR count). The largest absolute Gasteiger partial charge is 0.495 e. The van der Waals surface area contributed by atoms with Gasteiger partial charge in [-0.05, 0) is 44.4 Å². The van der Waals surface area contributed by atoms with Crippen LogP contribution in [0.2, 0.25) is 0 Å². The number of para-hydroxylation sites is 2. The monoisotopic (exact) mass is 551 g/mol. The SMILES string of the molecule is COc1ccccc1N1CCN(CCCN2C(=O)C3CCC(O)CC3C2=O)CC1.O=C(O)C(O)C(O)C(=O)O. The summed E-state index contributed by atoms with van der Waals surface area (Å²) in [6.07, 6.45) is -2.46. The van der Waals surface area contributed by atoms with E-state index in [0.717, 1.165) is 50.6 Å². The Morgan fingerprint density at radius 2 is 1.51 bits per heavy atom. The van der Waals surface area contributed by atoms with Gasteiger partial charge in [-0.25, -0.2) is 9.59 Å². The molecule has 39 heavy (non-hydrogen) atoms. The molecule has 5 unspecified atom stereocenters. The third-order valence-electron chi connectivity index (χ3n) is 7.45. The van der Waals surface area contributed by atoms with Crippen LogP contribution in [0.1, 0.15) is 25.7 Å². The van der Waals surface area contributed by atoms with Crippen LogP contribution in [0.3, 0.4) is 0 Å². The molecule has 3 fully saturated rings. The third kappa shape index (κ3) is 7.44. The predicted octanol–water partition coefficient (Wildman–Crippen LogP) is -0.769. The topological polar surface area (TPSA) is 188 Å². The molecule has 2 amide bonds. The Hall–Kier alpha value is -3.26. The maximum atomic E-state index is 12.6. The van der Waals surface area contributed by atoms with Gasteiger partial charge in [0, 0.05) is 32.7 Å². The average Bonchev–Trinajstić information content (AvgIpc) is 3.16. The van der Waals surface area contributed by atoms with E-state index in [1.807, 2.05) is 18.2 Å². The van der Waals surface area contributed by atoms with Gasteiger partial charge in [0.25, 0.3) is 0 Å². The van der Waals surface area contributed by atoms with E-state index < -0.39 is 30.3 Å². The van der Waals surface area contributed by atoms with Crippen LogP contribution in [0.25, 0.3) is 0 Å². The summed E-state index contributed by atoms with van der Waals surface area (Å²) in [6, 6.07) is 8.10. The van der Waals surface area contributed by atoms with E-state index in [1.165, 1.54) is 4.90 Å². The number of carboxylic acid groups (broad SMARTS) is 2. The molecule has 1 aromatic carbocycles. The molecule has 5 N–H and O–H groups in total. The second kappa shape index (κ2) is 13.7. The molecule has 3 aliphatic rings. The first kappa shape index (κ1) is 30.3. The van der Waals surface area contributed by atoms with Crippen LogP contribution in [-0.2, 0) is 19.2 Å². The number of fused-ring (bicyclic) bond motifs is 1. The van der Waals surface area contributed by atoms with Crippen molar-refractivity contribution < 1.29 is 49.4 Å². The summed E-state index contributed by atoms with van der Waals surface area (Å²) >= 11 is 0. The molecule has 5 atom stereocenters. The maximum absolute atomic E-state index is 12.6. The highest BCUT2D eigenvalue weighted by molar-refractivity contribution is 6.05. The Morgan fingerprint density at radius 3 is 2.10 bits per heavy atom. The minimum atomic E-state index is -2.27. The van der Waals surface area contributed by atoms with Gasteiger partial charge in [-0.1, -0.05) is 12.1 Å². The lowest BCUT2D eigenvalue weighted by atomic mass is 9.80. The van der Waals surface area contributed by atoms with E-state index in [-0.39, 0.29) is 23.7 Å². The number of carboxylic acids is 2. The highest BCUT2D eigenvalue weighted by atomic mass is 16.5. The molecular formula is C26H37N3O10. The van der Waals surface area contributed by atoms with Gasteiger partial charge in [0.1, 0.15) is 5.75 Å². The fourth-order valence-electron chi connectivity index (χ4n) is 5.27. The number of imide groups is 1. The van der Waals surface area contributed by atoms with E-state index in [4.69, 9.17) is 25.2 Å². The number of piperazine rings is 1. The van der Waals surface area contributed by atoms with Gasteiger partial charge in [0.15, 0.2) is 12.2 Å². The summed E-state index contributed by atoms with van der Waals surface area (Å²) in [4.78, 5) is 50.9. The summed E-state index contributed by atoms with van der Waals surface area (Å²) < 4.78 is 5.47. The number of aliphatic hydroxyl groups is 3. The van der Waals surface area contributed by atoms with Crippen molar-refractivity contribution in [3.8, 4) is 5.75 Å². The lowest BCUT2D eigenvalue weighted by Crippen LogP contribution is -2.47. The molecular weight excluding hydrogens is 514 g/mol. The summed E-state index contributed by atoms with van der Waals surface area (Å²) in [7, 11) is 1.70. The van der Waals surface area contributed by atoms with Crippen molar-refractivity contribution in [3.63, 3.8) is 0 Å². The van der Waals surface area contributed by atoms with E-state index in [9.17, 15) is 24.3 Å². The third-order valence-corrected chi connectivity index (χ3v) is 7.45. The van der Waals surface area contributed by atoms with Crippen molar-refractivity contribution >= 4 is 29.4 Å². The average molecular weight is 552 g/mol. The predicted molar refractivity (Wildman–Crippen MR) is 137 cm³/mol. The Morgan fingerprint density at radius 1 is 0.923 bits per heavy atom. The van der Waals surface area contributed by atoms with Crippen molar-refractivity contribution in [2.75, 3.05) is 51.3 Å². The van der Waals surface area contributed by atoms with E-state index in [1.54, 1.807) is 7.11 Å². The first-order valence-corrected chi connectivity index (χ1v) is 13.0. The summed E-state index contributed by atoms with van der Waals surface area (Å²) in [5.74, 6) is -3.22. The molecule has 2 aliphatic heterocycles. The number of amides is 2. The van der Waals surface area contributed by atoms with E-state index >= 15 is 0 Å². The van der Waals surface area contributed by atoms with Crippen molar-refractivity contribution in [2.24, 2.45) is 11.8 Å². The first-order chi connectivity index (χ1) is 18.5. The smallest absolute Gasteiger partial charge is 0.335 e. The molecule has 0 aromatic heterocycles. The molecule has 1 saturated carbocycles. The highest BCUT2D eigenvalue weighted by Crippen LogP contribution is 2.38. The van der Waals surface area contributed by atoms with Gasteiger partial charge in [0.2, 0.25) is 11.8 Å². The molecule has 2 heterocycles. The van der Waals surface area contributed by atoms with Gasteiger partial charge >= 0.3 is 11.9 Å². The van der Waals surface area contributed by atoms with Gasteiger partial charge < -0.3 is 35.2 Å². The number of anilines is 1. The molecule has 2 saturated heterocycles. The fourth-order valence-corrected chi connectivity index (χ4v) is 5.27. The zero-order valence-corrected chi connectivity index (χ0v) is 21.9. The molecule has 216 valence electrons. The fraction of sp³-hybridized carbons (Fsp3) is 0.615. The summed E-state index contributed by atoms with van der Waals surface area (Å²) in [5.41, 5.74) is 1.13. The van der Waals surface area contributed by atoms with E-state index in [2.05, 4.69) is 15.9 Å². The number of carbonyl (C=O) groups excluding carboxylic acids is 2. The minimum absolute atomic E-state index is 0.0205.